The fourth-order valence-electron chi connectivity index (χ4n) is 3.01. The predicted molar refractivity (Wildman–Crippen MR) is 95.4 cm³/mol. The van der Waals surface area contributed by atoms with Crippen molar-refractivity contribution in [2.75, 3.05) is 19.0 Å². The van der Waals surface area contributed by atoms with Crippen LogP contribution in [0.5, 0.6) is 5.75 Å². The number of halogens is 1. The van der Waals surface area contributed by atoms with E-state index in [1.807, 2.05) is 28.8 Å². The number of hydrogen-bond acceptors (Lipinski definition) is 6. The molecule has 1 atom stereocenters. The molecule has 3 heterocycles. The van der Waals surface area contributed by atoms with Gasteiger partial charge in [-0.25, -0.2) is 4.98 Å². The Hall–Kier alpha value is -2.38. The van der Waals surface area contributed by atoms with Gasteiger partial charge in [0, 0.05) is 6.61 Å². The highest BCUT2D eigenvalue weighted by atomic mass is 35.5. The van der Waals surface area contributed by atoms with Crippen LogP contribution in [0.15, 0.2) is 30.6 Å². The molecule has 0 bridgehead atoms. The fraction of sp³-hybridized carbons (Fsp3) is 0.353. The molecule has 1 saturated heterocycles. The number of benzene rings is 1. The summed E-state index contributed by atoms with van der Waals surface area (Å²) in [6.45, 7) is 0.746. The van der Waals surface area contributed by atoms with Crippen LogP contribution in [-0.2, 0) is 4.74 Å². The molecule has 1 N–H and O–H groups in total. The maximum absolute atomic E-state index is 6.16. The molecular formula is C17H18ClN5O2. The molecule has 7 nitrogen and oxygen atoms in total. The van der Waals surface area contributed by atoms with Crippen LogP contribution < -0.4 is 10.1 Å². The number of nitrogens with zero attached hydrogens (tertiary/aromatic N) is 4. The van der Waals surface area contributed by atoms with E-state index in [0.29, 0.717) is 22.7 Å². The predicted octanol–water partition coefficient (Wildman–Crippen LogP) is 3.93. The highest BCUT2D eigenvalue weighted by molar-refractivity contribution is 6.28. The molecule has 1 aliphatic rings. The number of hydrogen-bond donors (Lipinski definition) is 1. The van der Waals surface area contributed by atoms with Crippen LogP contribution in [-0.4, -0.2) is 33.2 Å². The number of ether oxygens (including phenoxy) is 2. The Kier molecular flexibility index (Phi) is 4.42. The van der Waals surface area contributed by atoms with Gasteiger partial charge in [0.05, 0.1) is 19.1 Å². The average Bonchev–Trinajstić information content (AvgIpc) is 3.07. The third-order valence-corrected chi connectivity index (χ3v) is 4.39. The summed E-state index contributed by atoms with van der Waals surface area (Å²) in [5.41, 5.74) is 2.08. The van der Waals surface area contributed by atoms with E-state index in [4.69, 9.17) is 21.1 Å². The highest BCUT2D eigenvalue weighted by Crippen LogP contribution is 2.32. The first-order valence-electron chi connectivity index (χ1n) is 8.18. The molecule has 0 amide bonds. The number of nitrogens with one attached hydrogen (secondary N) is 1. The molecule has 25 heavy (non-hydrogen) atoms. The van der Waals surface area contributed by atoms with Gasteiger partial charge >= 0.3 is 0 Å². The van der Waals surface area contributed by atoms with Crippen LogP contribution in [0, 0.1) is 0 Å². The summed E-state index contributed by atoms with van der Waals surface area (Å²) in [6, 6.07) is 7.60. The second kappa shape index (κ2) is 6.85. The zero-order chi connectivity index (χ0) is 17.2. The number of methoxy groups -OCH3 is 1. The first kappa shape index (κ1) is 16.1. The van der Waals surface area contributed by atoms with E-state index in [-0.39, 0.29) is 11.5 Å². The van der Waals surface area contributed by atoms with Gasteiger partial charge in [-0.2, -0.15) is 9.97 Å². The third kappa shape index (κ3) is 3.12. The minimum Gasteiger partial charge on any atom is -0.495 e. The van der Waals surface area contributed by atoms with E-state index >= 15 is 0 Å². The summed E-state index contributed by atoms with van der Waals surface area (Å²) in [7, 11) is 1.62. The fourth-order valence-corrected chi connectivity index (χ4v) is 3.17. The van der Waals surface area contributed by atoms with Crippen molar-refractivity contribution in [3.05, 3.63) is 35.9 Å². The maximum atomic E-state index is 6.16. The van der Waals surface area contributed by atoms with Crippen molar-refractivity contribution in [3.63, 3.8) is 0 Å². The monoisotopic (exact) mass is 359 g/mol. The lowest BCUT2D eigenvalue weighted by Crippen LogP contribution is -2.17. The first-order valence-corrected chi connectivity index (χ1v) is 8.56. The number of fused-ring (bicyclic) bond motifs is 1. The van der Waals surface area contributed by atoms with Gasteiger partial charge < -0.3 is 14.8 Å². The number of imidazole rings is 1. The van der Waals surface area contributed by atoms with E-state index in [2.05, 4.69) is 20.3 Å². The Labute approximate surface area is 150 Å². The van der Waals surface area contributed by atoms with Crippen LogP contribution in [0.3, 0.4) is 0 Å². The molecular weight excluding hydrogens is 342 g/mol. The van der Waals surface area contributed by atoms with Gasteiger partial charge in [0.25, 0.3) is 0 Å². The van der Waals surface area contributed by atoms with Crippen molar-refractivity contribution in [2.24, 2.45) is 0 Å². The summed E-state index contributed by atoms with van der Waals surface area (Å²) in [6.07, 6.45) is 4.81. The van der Waals surface area contributed by atoms with Crippen molar-refractivity contribution < 1.29 is 9.47 Å². The zero-order valence-electron chi connectivity index (χ0n) is 13.8. The third-order valence-electron chi connectivity index (χ3n) is 4.22. The van der Waals surface area contributed by atoms with E-state index < -0.39 is 0 Å². The van der Waals surface area contributed by atoms with Gasteiger partial charge in [-0.05, 0) is 43.0 Å². The topological polar surface area (TPSA) is 74.1 Å². The molecule has 0 aliphatic carbocycles. The molecule has 1 aromatic carbocycles. The second-order valence-electron chi connectivity index (χ2n) is 5.81. The molecule has 0 saturated carbocycles. The van der Waals surface area contributed by atoms with Gasteiger partial charge in [0.1, 0.15) is 12.0 Å². The Morgan fingerprint density at radius 1 is 1.28 bits per heavy atom. The van der Waals surface area contributed by atoms with Crippen LogP contribution >= 0.6 is 11.6 Å². The van der Waals surface area contributed by atoms with Gasteiger partial charge in [-0.3, -0.25) is 4.57 Å². The van der Waals surface area contributed by atoms with Crippen molar-refractivity contribution in [3.8, 4) is 5.75 Å². The zero-order valence-corrected chi connectivity index (χ0v) is 14.5. The lowest BCUT2D eigenvalue weighted by Gasteiger charge is -2.23. The molecule has 4 rings (SSSR count). The van der Waals surface area contributed by atoms with Gasteiger partial charge in [0.15, 0.2) is 17.0 Å². The summed E-state index contributed by atoms with van der Waals surface area (Å²) in [5, 5.41) is 3.40. The van der Waals surface area contributed by atoms with Gasteiger partial charge in [-0.1, -0.05) is 12.1 Å². The van der Waals surface area contributed by atoms with Crippen molar-refractivity contribution >= 4 is 34.3 Å². The van der Waals surface area contributed by atoms with Gasteiger partial charge in [-0.15, -0.1) is 0 Å². The smallest absolute Gasteiger partial charge is 0.226 e. The molecule has 8 heteroatoms. The van der Waals surface area contributed by atoms with Crippen molar-refractivity contribution in [1.82, 2.24) is 19.5 Å². The molecule has 1 fully saturated rings. The van der Waals surface area contributed by atoms with E-state index in [9.17, 15) is 0 Å². The Balaban J connectivity index is 1.75. The number of anilines is 2. The lowest BCUT2D eigenvalue weighted by atomic mass is 10.2. The summed E-state index contributed by atoms with van der Waals surface area (Å²) < 4.78 is 13.1. The number of rotatable bonds is 4. The Morgan fingerprint density at radius 3 is 2.96 bits per heavy atom. The van der Waals surface area contributed by atoms with Crippen LogP contribution in [0.2, 0.25) is 5.28 Å². The SMILES string of the molecule is COc1ccccc1Nc1nc(Cl)nc2c1ncn2C1CCCCO1. The standard InChI is InChI=1S/C17H18ClN5O2/c1-24-12-7-3-2-6-11(12)20-15-14-16(22-17(18)21-15)23(10-19-14)13-8-4-5-9-25-13/h2-3,6-7,10,13H,4-5,8-9H2,1H3,(H,20,21,22). The average molecular weight is 360 g/mol. The normalized spacial score (nSPS) is 17.6. The summed E-state index contributed by atoms with van der Waals surface area (Å²) >= 11 is 6.16. The lowest BCUT2D eigenvalue weighted by molar-refractivity contribution is -0.0298. The molecule has 3 aromatic rings. The van der Waals surface area contributed by atoms with Gasteiger partial charge in [0.2, 0.25) is 5.28 Å². The molecule has 2 aromatic heterocycles. The largest absolute Gasteiger partial charge is 0.495 e. The maximum Gasteiger partial charge on any atom is 0.226 e. The first-order chi connectivity index (χ1) is 12.3. The number of para-hydroxylation sites is 2. The minimum absolute atomic E-state index is 0.0659. The van der Waals surface area contributed by atoms with E-state index in [0.717, 1.165) is 31.6 Å². The highest BCUT2D eigenvalue weighted by Gasteiger charge is 2.21. The Bertz CT molecular complexity index is 892. The molecule has 1 unspecified atom stereocenters. The summed E-state index contributed by atoms with van der Waals surface area (Å²) in [4.78, 5) is 13.1. The summed E-state index contributed by atoms with van der Waals surface area (Å²) in [5.74, 6) is 1.24. The second-order valence-corrected chi connectivity index (χ2v) is 6.15. The minimum atomic E-state index is -0.0659. The van der Waals surface area contributed by atoms with E-state index in [1.165, 1.54) is 0 Å². The molecule has 130 valence electrons. The quantitative estimate of drug-likeness (QED) is 0.711. The van der Waals surface area contributed by atoms with Crippen molar-refractivity contribution in [2.45, 2.75) is 25.5 Å². The van der Waals surface area contributed by atoms with Crippen LogP contribution in [0.25, 0.3) is 11.2 Å². The van der Waals surface area contributed by atoms with Crippen LogP contribution in [0.4, 0.5) is 11.5 Å². The van der Waals surface area contributed by atoms with E-state index in [1.54, 1.807) is 13.4 Å². The molecule has 0 spiro atoms. The van der Waals surface area contributed by atoms with Crippen LogP contribution in [0.1, 0.15) is 25.5 Å². The Morgan fingerprint density at radius 2 is 2.16 bits per heavy atom. The number of aromatic nitrogens is 4. The van der Waals surface area contributed by atoms with Crippen molar-refractivity contribution in [1.29, 1.82) is 0 Å². The molecule has 1 aliphatic heterocycles. The molecule has 0 radical (unpaired) electrons.